The second-order valence-corrected chi connectivity index (χ2v) is 6.51. The smallest absolute Gasteiger partial charge is 0.251 e. The lowest BCUT2D eigenvalue weighted by atomic mass is 10.1. The molecule has 2 aliphatic heterocycles. The minimum Gasteiger partial charge on any atom is -0.292 e. The maximum Gasteiger partial charge on any atom is 0.251 e. The van der Waals surface area contributed by atoms with Crippen LogP contribution in [0.3, 0.4) is 0 Å². The minimum absolute atomic E-state index is 0.0462. The molecule has 2 fully saturated rings. The Hall–Kier alpha value is -1.68. The van der Waals surface area contributed by atoms with E-state index in [2.05, 4.69) is 4.90 Å². The zero-order valence-corrected chi connectivity index (χ0v) is 13.5. The molecule has 0 aliphatic carbocycles. The molecule has 0 aromatic heterocycles. The van der Waals surface area contributed by atoms with Gasteiger partial charge < -0.3 is 0 Å². The van der Waals surface area contributed by atoms with Crippen LogP contribution < -0.4 is 4.90 Å². The van der Waals surface area contributed by atoms with Gasteiger partial charge in [-0.05, 0) is 63.0 Å². The molecule has 4 nitrogen and oxygen atoms in total. The van der Waals surface area contributed by atoms with Gasteiger partial charge in [0.25, 0.3) is 5.91 Å². The third-order valence-corrected chi connectivity index (χ3v) is 4.95. The molecule has 0 saturated carbocycles. The zero-order valence-electron chi connectivity index (χ0n) is 13.5. The molecule has 2 aliphatic rings. The van der Waals surface area contributed by atoms with Crippen molar-refractivity contribution in [1.29, 1.82) is 0 Å². The number of anilines is 1. The van der Waals surface area contributed by atoms with Gasteiger partial charge in [-0.2, -0.15) is 0 Å². The van der Waals surface area contributed by atoms with Crippen LogP contribution >= 0.6 is 0 Å². The highest BCUT2D eigenvalue weighted by Gasteiger charge is 2.42. The summed E-state index contributed by atoms with van der Waals surface area (Å²) in [6.07, 6.45) is 5.04. The van der Waals surface area contributed by atoms with Gasteiger partial charge in [0.15, 0.2) is 0 Å². The lowest BCUT2D eigenvalue weighted by Crippen LogP contribution is -2.42. The second-order valence-electron chi connectivity index (χ2n) is 6.51. The number of aryl methyl sites for hydroxylation is 2. The number of carbonyl (C=O) groups excluding carboxylic acids is 2. The van der Waals surface area contributed by atoms with Crippen molar-refractivity contribution in [3.8, 4) is 0 Å². The van der Waals surface area contributed by atoms with Gasteiger partial charge in [0.2, 0.25) is 5.91 Å². The Bertz CT molecular complexity index is 589. The summed E-state index contributed by atoms with van der Waals surface area (Å²) in [6, 6.07) is 5.54. The normalized spacial score (nSPS) is 23.9. The fourth-order valence-electron chi connectivity index (χ4n) is 3.44. The predicted octanol–water partition coefficient (Wildman–Crippen LogP) is 2.81. The standard InChI is InChI=1S/C18H24N2O2/c1-13-7-8-15(11-14(13)2)20-17(21)12-16(18(20)22)19-9-5-3-4-6-10-19/h7-8,11,16H,3-6,9-10,12H2,1-2H3/t16-/m1/s1. The molecule has 0 bridgehead atoms. The van der Waals surface area contributed by atoms with Crippen LogP contribution in [0.4, 0.5) is 5.69 Å². The van der Waals surface area contributed by atoms with Crippen molar-refractivity contribution >= 4 is 17.5 Å². The number of likely N-dealkylation sites (tertiary alicyclic amines) is 1. The first-order valence-electron chi connectivity index (χ1n) is 8.26. The molecule has 4 heteroatoms. The van der Waals surface area contributed by atoms with E-state index in [0.29, 0.717) is 6.42 Å². The quantitative estimate of drug-likeness (QED) is 0.789. The highest BCUT2D eigenvalue weighted by Crippen LogP contribution is 2.28. The Morgan fingerprint density at radius 2 is 1.64 bits per heavy atom. The van der Waals surface area contributed by atoms with Crippen LogP contribution in [0.5, 0.6) is 0 Å². The highest BCUT2D eigenvalue weighted by molar-refractivity contribution is 6.22. The van der Waals surface area contributed by atoms with Gasteiger partial charge >= 0.3 is 0 Å². The molecule has 22 heavy (non-hydrogen) atoms. The van der Waals surface area contributed by atoms with Crippen molar-refractivity contribution in [2.24, 2.45) is 0 Å². The van der Waals surface area contributed by atoms with Crippen LogP contribution in [0.15, 0.2) is 18.2 Å². The fraction of sp³-hybridized carbons (Fsp3) is 0.556. The maximum atomic E-state index is 12.8. The van der Waals surface area contributed by atoms with Crippen molar-refractivity contribution in [3.63, 3.8) is 0 Å². The number of nitrogens with zero attached hydrogens (tertiary/aromatic N) is 2. The fourth-order valence-corrected chi connectivity index (χ4v) is 3.44. The van der Waals surface area contributed by atoms with E-state index in [9.17, 15) is 9.59 Å². The van der Waals surface area contributed by atoms with Gasteiger partial charge in [0.1, 0.15) is 0 Å². The Morgan fingerprint density at radius 3 is 2.27 bits per heavy atom. The van der Waals surface area contributed by atoms with Gasteiger partial charge in [-0.1, -0.05) is 18.9 Å². The Balaban J connectivity index is 1.83. The number of imide groups is 1. The third kappa shape index (κ3) is 2.80. The lowest BCUT2D eigenvalue weighted by Gasteiger charge is -2.25. The number of hydrogen-bond acceptors (Lipinski definition) is 3. The SMILES string of the molecule is Cc1ccc(N2C(=O)C[C@@H](N3CCCCCC3)C2=O)cc1C. The van der Waals surface area contributed by atoms with E-state index < -0.39 is 0 Å². The molecule has 0 spiro atoms. The molecule has 1 aromatic rings. The molecular formula is C18H24N2O2. The van der Waals surface area contributed by atoms with Crippen molar-refractivity contribution in [1.82, 2.24) is 4.90 Å². The maximum absolute atomic E-state index is 12.8. The molecular weight excluding hydrogens is 276 g/mol. The van der Waals surface area contributed by atoms with E-state index in [1.807, 2.05) is 32.0 Å². The minimum atomic E-state index is -0.257. The monoisotopic (exact) mass is 300 g/mol. The summed E-state index contributed by atoms with van der Waals surface area (Å²) >= 11 is 0. The predicted molar refractivity (Wildman–Crippen MR) is 86.9 cm³/mol. The first kappa shape index (κ1) is 15.2. The molecule has 1 aromatic carbocycles. The molecule has 118 valence electrons. The Labute approximate surface area is 132 Å². The molecule has 2 amide bonds. The van der Waals surface area contributed by atoms with E-state index in [1.165, 1.54) is 23.3 Å². The summed E-state index contributed by atoms with van der Waals surface area (Å²) in [7, 11) is 0. The van der Waals surface area contributed by atoms with Crippen LogP contribution in [-0.2, 0) is 9.59 Å². The molecule has 2 heterocycles. The van der Waals surface area contributed by atoms with E-state index in [-0.39, 0.29) is 17.9 Å². The summed E-state index contributed by atoms with van der Waals surface area (Å²) in [5.41, 5.74) is 3.00. The van der Waals surface area contributed by atoms with E-state index in [4.69, 9.17) is 0 Å². The van der Waals surface area contributed by atoms with E-state index in [1.54, 1.807) is 0 Å². The summed E-state index contributed by atoms with van der Waals surface area (Å²) in [4.78, 5) is 28.8. The first-order chi connectivity index (χ1) is 10.6. The lowest BCUT2D eigenvalue weighted by molar-refractivity contribution is -0.122. The number of rotatable bonds is 2. The average molecular weight is 300 g/mol. The molecule has 3 rings (SSSR count). The summed E-state index contributed by atoms with van der Waals surface area (Å²) in [5.74, 6) is -0.113. The van der Waals surface area contributed by atoms with E-state index >= 15 is 0 Å². The van der Waals surface area contributed by atoms with Gasteiger partial charge in [-0.3, -0.25) is 14.5 Å². The summed E-state index contributed by atoms with van der Waals surface area (Å²) < 4.78 is 0. The van der Waals surface area contributed by atoms with Crippen LogP contribution in [0.25, 0.3) is 0 Å². The third-order valence-electron chi connectivity index (χ3n) is 4.95. The molecule has 0 radical (unpaired) electrons. The van der Waals surface area contributed by atoms with Crippen molar-refractivity contribution in [3.05, 3.63) is 29.3 Å². The molecule has 2 saturated heterocycles. The second kappa shape index (κ2) is 6.21. The first-order valence-corrected chi connectivity index (χ1v) is 8.26. The number of amides is 2. The van der Waals surface area contributed by atoms with Gasteiger partial charge in [-0.15, -0.1) is 0 Å². The summed E-state index contributed by atoms with van der Waals surface area (Å²) in [5, 5.41) is 0. The van der Waals surface area contributed by atoms with Gasteiger partial charge in [-0.25, -0.2) is 4.90 Å². The van der Waals surface area contributed by atoms with Crippen molar-refractivity contribution < 1.29 is 9.59 Å². The number of carbonyl (C=O) groups is 2. The topological polar surface area (TPSA) is 40.6 Å². The summed E-state index contributed by atoms with van der Waals surface area (Å²) in [6.45, 7) is 5.91. The van der Waals surface area contributed by atoms with Crippen LogP contribution in [0, 0.1) is 13.8 Å². The van der Waals surface area contributed by atoms with Gasteiger partial charge in [0.05, 0.1) is 18.2 Å². The van der Waals surface area contributed by atoms with Crippen molar-refractivity contribution in [2.75, 3.05) is 18.0 Å². The van der Waals surface area contributed by atoms with E-state index in [0.717, 1.165) is 37.2 Å². The number of benzene rings is 1. The number of hydrogen-bond donors (Lipinski definition) is 0. The van der Waals surface area contributed by atoms with Gasteiger partial charge in [0, 0.05) is 0 Å². The molecule has 0 unspecified atom stereocenters. The zero-order chi connectivity index (χ0) is 15.7. The van der Waals surface area contributed by atoms with Crippen molar-refractivity contribution in [2.45, 2.75) is 52.0 Å². The average Bonchev–Trinajstić information content (AvgIpc) is 2.70. The van der Waals surface area contributed by atoms with Crippen LogP contribution in [-0.4, -0.2) is 35.8 Å². The largest absolute Gasteiger partial charge is 0.292 e. The van der Waals surface area contributed by atoms with Crippen LogP contribution in [0.1, 0.15) is 43.2 Å². The Morgan fingerprint density at radius 1 is 0.955 bits per heavy atom. The Kier molecular flexibility index (Phi) is 4.30. The molecule has 0 N–H and O–H groups in total. The molecule has 1 atom stereocenters. The van der Waals surface area contributed by atoms with Crippen LogP contribution in [0.2, 0.25) is 0 Å². The highest BCUT2D eigenvalue weighted by atomic mass is 16.2.